The molecule has 2 rings (SSSR count). The molecule has 1 heterocycles. The molecule has 1 fully saturated rings. The van der Waals surface area contributed by atoms with E-state index in [1.807, 2.05) is 6.92 Å². The zero-order valence-electron chi connectivity index (χ0n) is 12.7. The molecule has 0 saturated heterocycles. The minimum Gasteiger partial charge on any atom is -0.445 e. The molecule has 0 aromatic carbocycles. The van der Waals surface area contributed by atoms with Crippen molar-refractivity contribution in [2.75, 3.05) is 0 Å². The quantitative estimate of drug-likeness (QED) is 0.705. The van der Waals surface area contributed by atoms with E-state index in [9.17, 15) is 0 Å². The first-order chi connectivity index (χ1) is 9.20. The number of hydrogen-bond acceptors (Lipinski definition) is 2. The Labute approximate surface area is 117 Å². The molecule has 1 saturated carbocycles. The lowest BCUT2D eigenvalue weighted by Crippen LogP contribution is -2.02. The van der Waals surface area contributed by atoms with Crippen molar-refractivity contribution in [2.24, 2.45) is 0 Å². The SMILES string of the molecule is CC/C(C)=C\c1nc(C2CCCCCCC2)oc1C. The first kappa shape index (κ1) is 14.4. The van der Waals surface area contributed by atoms with Gasteiger partial charge < -0.3 is 4.42 Å². The van der Waals surface area contributed by atoms with Gasteiger partial charge in [-0.15, -0.1) is 0 Å². The maximum atomic E-state index is 5.94. The predicted octanol–water partition coefficient (Wildman–Crippen LogP) is 5.62. The molecule has 1 aliphatic carbocycles. The Morgan fingerprint density at radius 3 is 2.47 bits per heavy atom. The molecule has 1 aromatic rings. The van der Waals surface area contributed by atoms with E-state index in [1.165, 1.54) is 50.5 Å². The monoisotopic (exact) mass is 261 g/mol. The second-order valence-electron chi connectivity index (χ2n) is 5.88. The number of hydrogen-bond donors (Lipinski definition) is 0. The van der Waals surface area contributed by atoms with E-state index in [0.29, 0.717) is 5.92 Å². The van der Waals surface area contributed by atoms with E-state index in [-0.39, 0.29) is 0 Å². The number of rotatable bonds is 3. The highest BCUT2D eigenvalue weighted by Crippen LogP contribution is 2.31. The smallest absolute Gasteiger partial charge is 0.198 e. The van der Waals surface area contributed by atoms with Crippen LogP contribution in [-0.2, 0) is 0 Å². The van der Waals surface area contributed by atoms with Crippen molar-refractivity contribution in [3.8, 4) is 0 Å². The van der Waals surface area contributed by atoms with E-state index < -0.39 is 0 Å². The predicted molar refractivity (Wildman–Crippen MR) is 80.2 cm³/mol. The van der Waals surface area contributed by atoms with Gasteiger partial charge in [-0.25, -0.2) is 4.98 Å². The summed E-state index contributed by atoms with van der Waals surface area (Å²) in [5, 5.41) is 0. The molecule has 0 radical (unpaired) electrons. The van der Waals surface area contributed by atoms with Crippen LogP contribution in [0.15, 0.2) is 9.99 Å². The molecule has 0 unspecified atom stereocenters. The normalized spacial score (nSPS) is 19.2. The Kier molecular flexibility index (Phi) is 5.24. The second kappa shape index (κ2) is 6.93. The molecule has 1 aromatic heterocycles. The third-order valence-corrected chi connectivity index (χ3v) is 4.24. The molecular weight excluding hydrogens is 234 g/mol. The van der Waals surface area contributed by atoms with Crippen LogP contribution in [0.1, 0.15) is 88.5 Å². The minimum absolute atomic E-state index is 0.545. The second-order valence-corrected chi connectivity index (χ2v) is 5.88. The summed E-state index contributed by atoms with van der Waals surface area (Å²) < 4.78 is 5.94. The van der Waals surface area contributed by atoms with Crippen LogP contribution < -0.4 is 0 Å². The summed E-state index contributed by atoms with van der Waals surface area (Å²) in [5.74, 6) is 2.50. The van der Waals surface area contributed by atoms with Gasteiger partial charge in [0.15, 0.2) is 5.89 Å². The van der Waals surface area contributed by atoms with Crippen LogP contribution in [-0.4, -0.2) is 4.98 Å². The summed E-state index contributed by atoms with van der Waals surface area (Å²) in [6.45, 7) is 6.37. The number of nitrogens with zero attached hydrogens (tertiary/aromatic N) is 1. The van der Waals surface area contributed by atoms with E-state index >= 15 is 0 Å². The van der Waals surface area contributed by atoms with Gasteiger partial charge in [-0.3, -0.25) is 0 Å². The molecule has 106 valence electrons. The van der Waals surface area contributed by atoms with Crippen LogP contribution in [0, 0.1) is 6.92 Å². The fourth-order valence-electron chi connectivity index (χ4n) is 2.78. The first-order valence-corrected chi connectivity index (χ1v) is 7.85. The largest absolute Gasteiger partial charge is 0.445 e. The van der Waals surface area contributed by atoms with Crippen molar-refractivity contribution in [2.45, 2.75) is 78.1 Å². The highest BCUT2D eigenvalue weighted by molar-refractivity contribution is 5.50. The third-order valence-electron chi connectivity index (χ3n) is 4.24. The Hall–Kier alpha value is -1.05. The van der Waals surface area contributed by atoms with Crippen molar-refractivity contribution in [1.29, 1.82) is 0 Å². The van der Waals surface area contributed by atoms with Crippen molar-refractivity contribution in [1.82, 2.24) is 4.98 Å². The van der Waals surface area contributed by atoms with E-state index in [0.717, 1.165) is 23.8 Å². The number of aryl methyl sites for hydroxylation is 1. The number of allylic oxidation sites excluding steroid dienone is 1. The average molecular weight is 261 g/mol. The van der Waals surface area contributed by atoms with Gasteiger partial charge >= 0.3 is 0 Å². The fourth-order valence-corrected chi connectivity index (χ4v) is 2.78. The van der Waals surface area contributed by atoms with Crippen LogP contribution in [0.4, 0.5) is 0 Å². The van der Waals surface area contributed by atoms with Crippen molar-refractivity contribution >= 4 is 6.08 Å². The Morgan fingerprint density at radius 2 is 1.84 bits per heavy atom. The summed E-state index contributed by atoms with van der Waals surface area (Å²) in [5.41, 5.74) is 2.40. The van der Waals surface area contributed by atoms with Gasteiger partial charge in [-0.1, -0.05) is 44.6 Å². The molecule has 1 aliphatic rings. The van der Waals surface area contributed by atoms with Crippen molar-refractivity contribution in [3.63, 3.8) is 0 Å². The fraction of sp³-hybridized carbons (Fsp3) is 0.706. The Balaban J connectivity index is 2.13. The highest BCUT2D eigenvalue weighted by Gasteiger charge is 2.19. The van der Waals surface area contributed by atoms with Crippen molar-refractivity contribution < 1.29 is 4.42 Å². The lowest BCUT2D eigenvalue weighted by atomic mass is 9.91. The van der Waals surface area contributed by atoms with Crippen LogP contribution in [0.2, 0.25) is 0 Å². The van der Waals surface area contributed by atoms with Crippen LogP contribution in [0.5, 0.6) is 0 Å². The molecule has 0 aliphatic heterocycles. The maximum absolute atomic E-state index is 5.94. The van der Waals surface area contributed by atoms with Crippen molar-refractivity contribution in [3.05, 3.63) is 22.9 Å². The van der Waals surface area contributed by atoms with E-state index in [4.69, 9.17) is 9.40 Å². The third kappa shape index (κ3) is 3.95. The average Bonchev–Trinajstić information content (AvgIpc) is 2.70. The molecule has 0 N–H and O–H groups in total. The summed E-state index contributed by atoms with van der Waals surface area (Å²) in [4.78, 5) is 4.75. The maximum Gasteiger partial charge on any atom is 0.198 e. The van der Waals surface area contributed by atoms with Crippen LogP contribution in [0.25, 0.3) is 6.08 Å². The first-order valence-electron chi connectivity index (χ1n) is 7.85. The highest BCUT2D eigenvalue weighted by atomic mass is 16.4. The van der Waals surface area contributed by atoms with Gasteiger partial charge in [-0.05, 0) is 39.2 Å². The molecule has 0 atom stereocenters. The zero-order valence-corrected chi connectivity index (χ0v) is 12.7. The van der Waals surface area contributed by atoms with Gasteiger partial charge in [0.25, 0.3) is 0 Å². The van der Waals surface area contributed by atoms with E-state index in [2.05, 4.69) is 19.9 Å². The molecule has 0 bridgehead atoms. The summed E-state index contributed by atoms with van der Waals surface area (Å²) in [7, 11) is 0. The van der Waals surface area contributed by atoms with Gasteiger partial charge in [0.1, 0.15) is 11.5 Å². The molecule has 2 heteroatoms. The zero-order chi connectivity index (χ0) is 13.7. The van der Waals surface area contributed by atoms with Crippen LogP contribution in [0.3, 0.4) is 0 Å². The molecular formula is C17H27NO. The topological polar surface area (TPSA) is 26.0 Å². The molecule has 0 amide bonds. The lowest BCUT2D eigenvalue weighted by Gasteiger charge is -2.16. The standard InChI is InChI=1S/C17H27NO/c1-4-13(2)12-16-14(3)19-17(18-16)15-10-8-6-5-7-9-11-15/h12,15H,4-11H2,1-3H3/b13-12-. The molecule has 0 spiro atoms. The Morgan fingerprint density at radius 1 is 1.21 bits per heavy atom. The summed E-state index contributed by atoms with van der Waals surface area (Å²) in [6.07, 6.45) is 12.5. The summed E-state index contributed by atoms with van der Waals surface area (Å²) in [6, 6.07) is 0. The van der Waals surface area contributed by atoms with E-state index in [1.54, 1.807) is 0 Å². The van der Waals surface area contributed by atoms with Crippen LogP contribution >= 0.6 is 0 Å². The lowest BCUT2D eigenvalue weighted by molar-refractivity contribution is 0.369. The van der Waals surface area contributed by atoms with Gasteiger partial charge in [-0.2, -0.15) is 0 Å². The number of aromatic nitrogens is 1. The van der Waals surface area contributed by atoms with Gasteiger partial charge in [0.05, 0.1) is 0 Å². The minimum atomic E-state index is 0.545. The molecule has 19 heavy (non-hydrogen) atoms. The van der Waals surface area contributed by atoms with Gasteiger partial charge in [0, 0.05) is 5.92 Å². The Bertz CT molecular complexity index is 422. The molecule has 2 nitrogen and oxygen atoms in total. The van der Waals surface area contributed by atoms with Gasteiger partial charge in [0.2, 0.25) is 0 Å². The number of oxazole rings is 1. The summed E-state index contributed by atoms with van der Waals surface area (Å²) >= 11 is 0.